The quantitative estimate of drug-likeness (QED) is 0.778. The van der Waals surface area contributed by atoms with Gasteiger partial charge in [-0.3, -0.25) is 9.59 Å². The van der Waals surface area contributed by atoms with Crippen LogP contribution in [-0.2, 0) is 9.59 Å². The molecule has 6 heteroatoms. The van der Waals surface area contributed by atoms with Gasteiger partial charge in [0.1, 0.15) is 11.5 Å². The number of amides is 2. The average Bonchev–Trinajstić information content (AvgIpc) is 3.23. The maximum Gasteiger partial charge on any atom is 0.239 e. The summed E-state index contributed by atoms with van der Waals surface area (Å²) in [5, 5.41) is 14.7. The molecule has 0 unspecified atom stereocenters. The smallest absolute Gasteiger partial charge is 0.239 e. The number of benzene rings is 2. The van der Waals surface area contributed by atoms with Gasteiger partial charge in [0.25, 0.3) is 0 Å². The molecule has 0 atom stereocenters. The summed E-state index contributed by atoms with van der Waals surface area (Å²) < 4.78 is 0. The van der Waals surface area contributed by atoms with Gasteiger partial charge >= 0.3 is 0 Å². The van der Waals surface area contributed by atoms with Crippen LogP contribution in [0.4, 0.5) is 17.1 Å². The Kier molecular flexibility index (Phi) is 5.65. The first-order chi connectivity index (χ1) is 13.4. The van der Waals surface area contributed by atoms with Crippen LogP contribution in [0.15, 0.2) is 48.5 Å². The highest BCUT2D eigenvalue weighted by molar-refractivity contribution is 6.14. The first-order valence-electron chi connectivity index (χ1n) is 9.39. The van der Waals surface area contributed by atoms with E-state index in [1.807, 2.05) is 30.3 Å². The predicted octanol–water partition coefficient (Wildman–Crippen LogP) is 3.76. The molecule has 6 nitrogen and oxygen atoms in total. The van der Waals surface area contributed by atoms with Crippen molar-refractivity contribution in [3.05, 3.63) is 54.1 Å². The van der Waals surface area contributed by atoms with Gasteiger partial charge in [0.2, 0.25) is 11.8 Å². The molecule has 1 aliphatic rings. The van der Waals surface area contributed by atoms with Gasteiger partial charge in [-0.2, -0.15) is 5.26 Å². The van der Waals surface area contributed by atoms with E-state index in [2.05, 4.69) is 15.5 Å². The van der Waals surface area contributed by atoms with Crippen LogP contribution in [0.2, 0.25) is 0 Å². The molecular weight excluding hydrogens is 352 g/mol. The molecule has 0 spiro atoms. The van der Waals surface area contributed by atoms with Crippen molar-refractivity contribution in [2.45, 2.75) is 26.7 Å². The van der Waals surface area contributed by atoms with E-state index in [0.717, 1.165) is 18.8 Å². The van der Waals surface area contributed by atoms with Crippen molar-refractivity contribution in [2.24, 2.45) is 5.41 Å². The van der Waals surface area contributed by atoms with E-state index < -0.39 is 17.2 Å². The summed E-state index contributed by atoms with van der Waals surface area (Å²) in [5.41, 5.74) is 1.22. The molecule has 2 aromatic carbocycles. The lowest BCUT2D eigenvalue weighted by Crippen LogP contribution is -2.41. The van der Waals surface area contributed by atoms with Crippen molar-refractivity contribution < 1.29 is 9.59 Å². The lowest BCUT2D eigenvalue weighted by molar-refractivity contribution is -0.135. The summed E-state index contributed by atoms with van der Waals surface area (Å²) in [6, 6.07) is 16.4. The average molecular weight is 376 g/mol. The molecular formula is C22H24N4O2. The Labute approximate surface area is 165 Å². The summed E-state index contributed by atoms with van der Waals surface area (Å²) in [7, 11) is 0. The minimum absolute atomic E-state index is 0.351. The van der Waals surface area contributed by atoms with Crippen LogP contribution < -0.4 is 15.5 Å². The number of carbonyl (C=O) groups excluding carboxylic acids is 2. The SMILES string of the molecule is CC(C)(C(=O)Nc1ccc(N2CCCC2)cc1)C(=O)Nc1ccccc1C#N. The van der Waals surface area contributed by atoms with Crippen molar-refractivity contribution in [3.8, 4) is 6.07 Å². The lowest BCUT2D eigenvalue weighted by atomic mass is 9.90. The zero-order chi connectivity index (χ0) is 20.1. The third-order valence-corrected chi connectivity index (χ3v) is 5.03. The topological polar surface area (TPSA) is 85.2 Å². The van der Waals surface area contributed by atoms with Gasteiger partial charge in [-0.1, -0.05) is 12.1 Å². The maximum absolute atomic E-state index is 12.7. The number of nitriles is 1. The van der Waals surface area contributed by atoms with Gasteiger partial charge in [-0.05, 0) is 63.1 Å². The summed E-state index contributed by atoms with van der Waals surface area (Å²) in [6.45, 7) is 5.24. The fourth-order valence-electron chi connectivity index (χ4n) is 3.09. The van der Waals surface area contributed by atoms with Crippen LogP contribution in [0.1, 0.15) is 32.3 Å². The molecule has 0 aromatic heterocycles. The summed E-state index contributed by atoms with van der Waals surface area (Å²) >= 11 is 0. The zero-order valence-electron chi connectivity index (χ0n) is 16.2. The van der Waals surface area contributed by atoms with Crippen LogP contribution in [-0.4, -0.2) is 24.9 Å². The van der Waals surface area contributed by atoms with Gasteiger partial charge in [0.15, 0.2) is 0 Å². The van der Waals surface area contributed by atoms with Crippen molar-refractivity contribution in [1.82, 2.24) is 0 Å². The van der Waals surface area contributed by atoms with E-state index in [9.17, 15) is 9.59 Å². The summed E-state index contributed by atoms with van der Waals surface area (Å²) in [4.78, 5) is 27.7. The first kappa shape index (κ1) is 19.4. The Balaban J connectivity index is 1.66. The first-order valence-corrected chi connectivity index (χ1v) is 9.39. The Morgan fingerprint density at radius 3 is 2.21 bits per heavy atom. The highest BCUT2D eigenvalue weighted by Gasteiger charge is 2.36. The largest absolute Gasteiger partial charge is 0.372 e. The molecule has 2 amide bonds. The molecule has 28 heavy (non-hydrogen) atoms. The number of anilines is 3. The Bertz CT molecular complexity index is 907. The Morgan fingerprint density at radius 2 is 1.57 bits per heavy atom. The van der Waals surface area contributed by atoms with Crippen molar-refractivity contribution >= 4 is 28.9 Å². The zero-order valence-corrected chi connectivity index (χ0v) is 16.2. The molecule has 1 heterocycles. The second kappa shape index (κ2) is 8.13. The second-order valence-electron chi connectivity index (χ2n) is 7.43. The van der Waals surface area contributed by atoms with E-state index >= 15 is 0 Å². The van der Waals surface area contributed by atoms with Crippen LogP contribution in [0.5, 0.6) is 0 Å². The van der Waals surface area contributed by atoms with Crippen LogP contribution >= 0.6 is 0 Å². The van der Waals surface area contributed by atoms with Crippen LogP contribution in [0.3, 0.4) is 0 Å². The molecule has 3 rings (SSSR count). The summed E-state index contributed by atoms with van der Waals surface area (Å²) in [5.74, 6) is -0.880. The molecule has 1 aliphatic heterocycles. The molecule has 0 bridgehead atoms. The van der Waals surface area contributed by atoms with E-state index in [-0.39, 0.29) is 0 Å². The Morgan fingerprint density at radius 1 is 0.964 bits per heavy atom. The number of hydrogen-bond donors (Lipinski definition) is 2. The van der Waals surface area contributed by atoms with Crippen LogP contribution in [0, 0.1) is 16.7 Å². The van der Waals surface area contributed by atoms with Crippen molar-refractivity contribution in [1.29, 1.82) is 5.26 Å². The normalized spacial score (nSPS) is 13.7. The minimum atomic E-state index is -1.31. The fourth-order valence-corrected chi connectivity index (χ4v) is 3.09. The number of hydrogen-bond acceptors (Lipinski definition) is 4. The number of para-hydroxylation sites is 1. The molecule has 144 valence electrons. The Hall–Kier alpha value is -3.33. The van der Waals surface area contributed by atoms with Gasteiger partial charge in [-0.25, -0.2) is 0 Å². The third kappa shape index (κ3) is 4.15. The molecule has 2 aromatic rings. The van der Waals surface area contributed by atoms with Gasteiger partial charge < -0.3 is 15.5 Å². The van der Waals surface area contributed by atoms with E-state index in [4.69, 9.17) is 5.26 Å². The van der Waals surface area contributed by atoms with Crippen molar-refractivity contribution in [2.75, 3.05) is 28.6 Å². The van der Waals surface area contributed by atoms with Crippen LogP contribution in [0.25, 0.3) is 0 Å². The molecule has 0 radical (unpaired) electrons. The maximum atomic E-state index is 12.7. The number of nitrogens with zero attached hydrogens (tertiary/aromatic N) is 2. The standard InChI is InChI=1S/C22H24N4O2/c1-22(2,21(28)25-19-8-4-3-7-16(19)15-23)20(27)24-17-9-11-18(12-10-17)26-13-5-6-14-26/h3-4,7-12H,5-6,13-14H2,1-2H3,(H,24,27)(H,25,28). The van der Waals surface area contributed by atoms with Gasteiger partial charge in [0.05, 0.1) is 11.3 Å². The van der Waals surface area contributed by atoms with Crippen molar-refractivity contribution in [3.63, 3.8) is 0 Å². The molecule has 0 saturated carbocycles. The van der Waals surface area contributed by atoms with E-state index in [1.165, 1.54) is 12.8 Å². The molecule has 0 aliphatic carbocycles. The highest BCUT2D eigenvalue weighted by Crippen LogP contribution is 2.25. The molecule has 1 fully saturated rings. The number of carbonyl (C=O) groups is 2. The highest BCUT2D eigenvalue weighted by atomic mass is 16.2. The molecule has 2 N–H and O–H groups in total. The minimum Gasteiger partial charge on any atom is -0.372 e. The lowest BCUT2D eigenvalue weighted by Gasteiger charge is -2.23. The monoisotopic (exact) mass is 376 g/mol. The molecule has 1 saturated heterocycles. The second-order valence-corrected chi connectivity index (χ2v) is 7.43. The summed E-state index contributed by atoms with van der Waals surface area (Å²) in [6.07, 6.45) is 2.41. The van der Waals surface area contributed by atoms with E-state index in [0.29, 0.717) is 16.9 Å². The van der Waals surface area contributed by atoms with E-state index in [1.54, 1.807) is 38.1 Å². The predicted molar refractivity (Wildman–Crippen MR) is 110 cm³/mol. The third-order valence-electron chi connectivity index (χ3n) is 5.03. The van der Waals surface area contributed by atoms with Gasteiger partial charge in [-0.15, -0.1) is 0 Å². The fraction of sp³-hybridized carbons (Fsp3) is 0.318. The number of rotatable bonds is 5. The number of nitrogens with one attached hydrogen (secondary N) is 2. The van der Waals surface area contributed by atoms with Gasteiger partial charge in [0, 0.05) is 24.5 Å².